The van der Waals surface area contributed by atoms with Gasteiger partial charge in [0, 0.05) is 0 Å². The van der Waals surface area contributed by atoms with Crippen molar-refractivity contribution in [2.75, 3.05) is 0 Å². The molecule has 0 saturated carbocycles. The summed E-state index contributed by atoms with van der Waals surface area (Å²) >= 11 is -2.85. The van der Waals surface area contributed by atoms with Gasteiger partial charge in [-0.2, -0.15) is 13.0 Å². The maximum absolute atomic E-state index is 10.7. The van der Waals surface area contributed by atoms with E-state index in [1.54, 1.807) is 0 Å². The molecule has 3 nitrogen and oxygen atoms in total. The molecule has 0 heterocycles. The van der Waals surface area contributed by atoms with Gasteiger partial charge < -0.3 is 0 Å². The van der Waals surface area contributed by atoms with Gasteiger partial charge in [0.1, 0.15) is 0 Å². The Kier molecular flexibility index (Phi) is 2.97. The van der Waals surface area contributed by atoms with Gasteiger partial charge in [-0.1, -0.05) is 0 Å². The van der Waals surface area contributed by atoms with Crippen LogP contribution in [-0.2, 0) is 15.5 Å². The summed E-state index contributed by atoms with van der Waals surface area (Å²) < 4.78 is 41.1. The molecule has 0 saturated heterocycles. The Morgan fingerprint density at radius 2 is 2.14 bits per heavy atom. The fourth-order valence-corrected chi connectivity index (χ4v) is 0.187. The highest BCUT2D eigenvalue weighted by molar-refractivity contribution is 7.74. The first-order valence-corrected chi connectivity index (χ1v) is 2.22. The van der Waals surface area contributed by atoms with Crippen molar-refractivity contribution in [2.45, 2.75) is 6.61 Å². The van der Waals surface area contributed by atoms with Gasteiger partial charge in [-0.05, 0) is 0 Å². The second kappa shape index (κ2) is 3.00. The largest absolute Gasteiger partial charge is 0.358 e. The summed E-state index contributed by atoms with van der Waals surface area (Å²) in [6.45, 7) is -3.18. The van der Waals surface area contributed by atoms with Crippen LogP contribution in [0, 0.1) is 0 Å². The van der Waals surface area contributed by atoms with Gasteiger partial charge in [0.25, 0.3) is 0 Å². The van der Waals surface area contributed by atoms with Crippen LogP contribution in [0.2, 0.25) is 0 Å². The molecule has 0 spiro atoms. The molecular formula is CH2F2O3S. The van der Waals surface area contributed by atoms with E-state index in [1.807, 2.05) is 0 Å². The summed E-state index contributed by atoms with van der Waals surface area (Å²) in [7, 11) is 0. The highest BCUT2D eigenvalue weighted by atomic mass is 32.2. The molecule has 0 amide bonds. The molecular weight excluding hydrogens is 130 g/mol. The zero-order chi connectivity index (χ0) is 5.86. The molecule has 0 aliphatic carbocycles. The lowest BCUT2D eigenvalue weighted by Crippen LogP contribution is -2.00. The Bertz CT molecular complexity index is 73.3. The third-order valence-electron chi connectivity index (χ3n) is 0.155. The molecule has 1 atom stereocenters. The van der Waals surface area contributed by atoms with E-state index < -0.39 is 18.0 Å². The van der Waals surface area contributed by atoms with Gasteiger partial charge >= 0.3 is 18.0 Å². The van der Waals surface area contributed by atoms with Crippen LogP contribution in [0.25, 0.3) is 0 Å². The average molecular weight is 132 g/mol. The summed E-state index contributed by atoms with van der Waals surface area (Å²) in [6.07, 6.45) is 0. The molecule has 0 aliphatic rings. The molecule has 7 heavy (non-hydrogen) atoms. The number of hydrogen-bond donors (Lipinski definition) is 1. The lowest BCUT2D eigenvalue weighted by Gasteiger charge is -1.89. The lowest BCUT2D eigenvalue weighted by molar-refractivity contribution is -0.0454. The molecule has 0 bridgehead atoms. The van der Waals surface area contributed by atoms with Gasteiger partial charge in [0.15, 0.2) is 0 Å². The van der Waals surface area contributed by atoms with Crippen molar-refractivity contribution in [3.05, 3.63) is 0 Å². The zero-order valence-electron chi connectivity index (χ0n) is 3.01. The summed E-state index contributed by atoms with van der Waals surface area (Å²) in [4.78, 5) is 0. The second-order valence-corrected chi connectivity index (χ2v) is 1.20. The predicted octanol–water partition coefficient (Wildman–Crippen LogP) is 0.362. The molecule has 0 radical (unpaired) electrons. The average Bonchev–Trinajstić information content (AvgIpc) is 1.27. The Morgan fingerprint density at radius 3 is 2.14 bits per heavy atom. The van der Waals surface area contributed by atoms with E-state index in [-0.39, 0.29) is 0 Å². The van der Waals surface area contributed by atoms with Gasteiger partial charge in [-0.15, -0.1) is 0 Å². The van der Waals surface area contributed by atoms with E-state index in [9.17, 15) is 13.0 Å². The quantitative estimate of drug-likeness (QED) is 0.552. The molecule has 0 aliphatic heterocycles. The van der Waals surface area contributed by atoms with E-state index in [0.29, 0.717) is 0 Å². The maximum Gasteiger partial charge on any atom is 0.358 e. The first-order valence-electron chi connectivity index (χ1n) is 1.19. The fraction of sp³-hybridized carbons (Fsp3) is 1.00. The highest BCUT2D eigenvalue weighted by Crippen LogP contribution is 1.94. The third-order valence-corrected chi connectivity index (χ3v) is 0.465. The van der Waals surface area contributed by atoms with Crippen LogP contribution >= 0.6 is 0 Å². The minimum absolute atomic E-state index is 2.85. The SMILES string of the molecule is O=S(O)OC(F)F. The minimum atomic E-state index is -3.18. The topological polar surface area (TPSA) is 46.5 Å². The van der Waals surface area contributed by atoms with E-state index in [0.717, 1.165) is 0 Å². The van der Waals surface area contributed by atoms with Crippen LogP contribution in [0.5, 0.6) is 0 Å². The smallest absolute Gasteiger partial charge is 0.284 e. The van der Waals surface area contributed by atoms with Crippen molar-refractivity contribution in [2.24, 2.45) is 0 Å². The second-order valence-electron chi connectivity index (χ2n) is 0.574. The molecule has 0 aromatic rings. The number of hydrogen-bond acceptors (Lipinski definition) is 2. The standard InChI is InChI=1S/CH2F2O3S/c2-1(3)6-7(4)5/h1H,(H,4,5). The van der Waals surface area contributed by atoms with Gasteiger partial charge in [-0.25, -0.2) is 4.18 Å². The first-order chi connectivity index (χ1) is 3.13. The van der Waals surface area contributed by atoms with E-state index in [4.69, 9.17) is 4.55 Å². The summed E-state index contributed by atoms with van der Waals surface area (Å²) in [6, 6.07) is 0. The van der Waals surface area contributed by atoms with Crippen LogP contribution in [0.3, 0.4) is 0 Å². The van der Waals surface area contributed by atoms with Crippen molar-refractivity contribution in [3.8, 4) is 0 Å². The summed E-state index contributed by atoms with van der Waals surface area (Å²) in [5.41, 5.74) is 0. The Labute approximate surface area is 40.8 Å². The van der Waals surface area contributed by atoms with Crippen molar-refractivity contribution in [3.63, 3.8) is 0 Å². The zero-order valence-corrected chi connectivity index (χ0v) is 3.82. The highest BCUT2D eigenvalue weighted by Gasteiger charge is 2.04. The van der Waals surface area contributed by atoms with E-state index >= 15 is 0 Å². The van der Waals surface area contributed by atoms with Crippen LogP contribution in [0.4, 0.5) is 8.78 Å². The summed E-state index contributed by atoms with van der Waals surface area (Å²) in [5.74, 6) is 0. The first kappa shape index (κ1) is 6.93. The van der Waals surface area contributed by atoms with Gasteiger partial charge in [-0.3, -0.25) is 4.55 Å². The molecule has 1 unspecified atom stereocenters. The Morgan fingerprint density at radius 1 is 1.71 bits per heavy atom. The van der Waals surface area contributed by atoms with Gasteiger partial charge in [0.05, 0.1) is 0 Å². The van der Waals surface area contributed by atoms with E-state index in [1.165, 1.54) is 0 Å². The number of halogens is 2. The summed E-state index contributed by atoms with van der Waals surface area (Å²) in [5, 5.41) is 0. The van der Waals surface area contributed by atoms with E-state index in [2.05, 4.69) is 4.18 Å². The fourth-order valence-electron chi connectivity index (χ4n) is 0.0622. The van der Waals surface area contributed by atoms with Crippen LogP contribution in [-0.4, -0.2) is 15.4 Å². The number of rotatable bonds is 2. The minimum Gasteiger partial charge on any atom is -0.284 e. The van der Waals surface area contributed by atoms with Crippen LogP contribution in [0.15, 0.2) is 0 Å². The van der Waals surface area contributed by atoms with Crippen molar-refractivity contribution in [1.82, 2.24) is 0 Å². The Hall–Kier alpha value is -0.0700. The third kappa shape index (κ3) is 5.93. The molecule has 1 N–H and O–H groups in total. The van der Waals surface area contributed by atoms with Crippen molar-refractivity contribution < 1.29 is 21.7 Å². The lowest BCUT2D eigenvalue weighted by atomic mass is 11.5. The maximum atomic E-state index is 10.7. The predicted molar refractivity (Wildman–Crippen MR) is 17.9 cm³/mol. The van der Waals surface area contributed by atoms with Gasteiger partial charge in [0.2, 0.25) is 0 Å². The Balaban J connectivity index is 3.13. The molecule has 0 rings (SSSR count). The van der Waals surface area contributed by atoms with Crippen molar-refractivity contribution >= 4 is 11.4 Å². The molecule has 44 valence electrons. The normalized spacial score (nSPS) is 14.9. The molecule has 0 fully saturated rings. The van der Waals surface area contributed by atoms with Crippen LogP contribution < -0.4 is 0 Å². The van der Waals surface area contributed by atoms with Crippen LogP contribution in [0.1, 0.15) is 0 Å². The molecule has 6 heteroatoms. The number of alkyl halides is 2. The monoisotopic (exact) mass is 132 g/mol. The molecule has 0 aromatic heterocycles. The van der Waals surface area contributed by atoms with Crippen molar-refractivity contribution in [1.29, 1.82) is 0 Å². The molecule has 0 aromatic carbocycles.